The highest BCUT2D eigenvalue weighted by Gasteiger charge is 2.53. The van der Waals surface area contributed by atoms with Gasteiger partial charge in [-0.3, -0.25) is 19.4 Å². The van der Waals surface area contributed by atoms with Gasteiger partial charge in [0, 0.05) is 20.5 Å². The molecule has 4 amide bonds. The lowest BCUT2D eigenvalue weighted by atomic mass is 9.76. The summed E-state index contributed by atoms with van der Waals surface area (Å²) in [7, 11) is 2.71. The Balaban J connectivity index is 3.14. The van der Waals surface area contributed by atoms with Crippen molar-refractivity contribution >= 4 is 23.6 Å². The molecule has 0 atom stereocenters. The molecule has 1 aliphatic rings. The second-order valence-electron chi connectivity index (χ2n) is 4.65. The van der Waals surface area contributed by atoms with Crippen molar-refractivity contribution in [3.8, 4) is 0 Å². The second kappa shape index (κ2) is 4.88. The van der Waals surface area contributed by atoms with Crippen molar-refractivity contribution in [1.29, 1.82) is 0 Å². The first-order chi connectivity index (χ1) is 8.27. The number of urea groups is 1. The van der Waals surface area contributed by atoms with E-state index in [0.29, 0.717) is 0 Å². The van der Waals surface area contributed by atoms with Gasteiger partial charge in [0.25, 0.3) is 0 Å². The molecule has 6 nitrogen and oxygen atoms in total. The minimum atomic E-state index is -1.27. The Hall–Kier alpha value is -1.72. The fraction of sp³-hybridized carbons (Fsp3) is 0.667. The number of imide groups is 2. The first kappa shape index (κ1) is 14.3. The quantitative estimate of drug-likeness (QED) is 0.695. The molecule has 100 valence electrons. The number of Topliss-reactive ketones (excluding diaryl/α,β-unsaturated/α-hetero) is 1. The van der Waals surface area contributed by atoms with E-state index in [2.05, 4.69) is 0 Å². The van der Waals surface area contributed by atoms with Gasteiger partial charge in [-0.2, -0.15) is 0 Å². The molecule has 0 aliphatic carbocycles. The van der Waals surface area contributed by atoms with Crippen LogP contribution < -0.4 is 0 Å². The third kappa shape index (κ3) is 2.02. The van der Waals surface area contributed by atoms with Gasteiger partial charge in [0.1, 0.15) is 11.2 Å². The maximum atomic E-state index is 12.2. The SMILES string of the molecule is CCC1(CCC(C)=O)C(=O)N(C)C(=O)N(C)C1=O. The Morgan fingerprint density at radius 1 is 1.11 bits per heavy atom. The van der Waals surface area contributed by atoms with Gasteiger partial charge in [0.2, 0.25) is 11.8 Å². The minimum Gasteiger partial charge on any atom is -0.300 e. The van der Waals surface area contributed by atoms with E-state index in [9.17, 15) is 19.2 Å². The molecule has 0 aromatic heterocycles. The van der Waals surface area contributed by atoms with Gasteiger partial charge < -0.3 is 4.79 Å². The van der Waals surface area contributed by atoms with Gasteiger partial charge in [-0.1, -0.05) is 6.92 Å². The summed E-state index contributed by atoms with van der Waals surface area (Å²) in [5, 5.41) is 0. The number of carbonyl (C=O) groups is 4. The van der Waals surface area contributed by atoms with E-state index < -0.39 is 23.3 Å². The average molecular weight is 254 g/mol. The van der Waals surface area contributed by atoms with Gasteiger partial charge >= 0.3 is 6.03 Å². The molecule has 0 aromatic rings. The smallest absolute Gasteiger partial charge is 0.300 e. The fourth-order valence-corrected chi connectivity index (χ4v) is 2.21. The summed E-state index contributed by atoms with van der Waals surface area (Å²) in [5.41, 5.74) is -1.27. The first-order valence-electron chi connectivity index (χ1n) is 5.87. The molecule has 1 heterocycles. The highest BCUT2D eigenvalue weighted by Crippen LogP contribution is 2.36. The Morgan fingerprint density at radius 2 is 1.56 bits per heavy atom. The largest absolute Gasteiger partial charge is 0.332 e. The zero-order valence-electron chi connectivity index (χ0n) is 11.1. The molecule has 1 fully saturated rings. The van der Waals surface area contributed by atoms with E-state index in [1.807, 2.05) is 0 Å². The zero-order valence-corrected chi connectivity index (χ0v) is 11.1. The number of barbiturate groups is 1. The van der Waals surface area contributed by atoms with Gasteiger partial charge in [-0.05, 0) is 19.8 Å². The highest BCUT2D eigenvalue weighted by molar-refractivity contribution is 6.18. The molecule has 1 saturated heterocycles. The monoisotopic (exact) mass is 254 g/mol. The van der Waals surface area contributed by atoms with Gasteiger partial charge in [0.15, 0.2) is 0 Å². The lowest BCUT2D eigenvalue weighted by Gasteiger charge is -2.41. The molecule has 0 radical (unpaired) electrons. The van der Waals surface area contributed by atoms with E-state index in [1.165, 1.54) is 21.0 Å². The summed E-state index contributed by atoms with van der Waals surface area (Å²) in [4.78, 5) is 49.0. The molecule has 0 saturated carbocycles. The number of amides is 4. The van der Waals surface area contributed by atoms with Crippen molar-refractivity contribution in [2.45, 2.75) is 33.1 Å². The van der Waals surface area contributed by atoms with Crippen LogP contribution in [0.15, 0.2) is 0 Å². The Kier molecular flexibility index (Phi) is 3.88. The van der Waals surface area contributed by atoms with Crippen molar-refractivity contribution in [1.82, 2.24) is 9.80 Å². The second-order valence-corrected chi connectivity index (χ2v) is 4.65. The van der Waals surface area contributed by atoms with Crippen molar-refractivity contribution in [2.75, 3.05) is 14.1 Å². The number of hydrogen-bond donors (Lipinski definition) is 0. The number of hydrogen-bond acceptors (Lipinski definition) is 4. The van der Waals surface area contributed by atoms with Crippen LogP contribution in [0.25, 0.3) is 0 Å². The summed E-state index contributed by atoms with van der Waals surface area (Å²) >= 11 is 0. The van der Waals surface area contributed by atoms with Crippen LogP contribution in [-0.2, 0) is 14.4 Å². The Morgan fingerprint density at radius 3 is 1.89 bits per heavy atom. The summed E-state index contributed by atoms with van der Waals surface area (Å²) < 4.78 is 0. The lowest BCUT2D eigenvalue weighted by molar-refractivity contribution is -0.158. The van der Waals surface area contributed by atoms with E-state index in [-0.39, 0.29) is 25.0 Å². The molecular weight excluding hydrogens is 236 g/mol. The summed E-state index contributed by atoms with van der Waals surface area (Å²) in [6, 6.07) is -0.628. The molecule has 18 heavy (non-hydrogen) atoms. The normalized spacial score (nSPS) is 19.4. The first-order valence-corrected chi connectivity index (χ1v) is 5.87. The van der Waals surface area contributed by atoms with Crippen molar-refractivity contribution in [2.24, 2.45) is 5.41 Å². The van der Waals surface area contributed by atoms with Gasteiger partial charge in [0.05, 0.1) is 0 Å². The molecule has 0 spiro atoms. The number of nitrogens with zero attached hydrogens (tertiary/aromatic N) is 2. The standard InChI is InChI=1S/C12H18N2O4/c1-5-12(7-6-8(2)15)9(16)13(3)11(18)14(4)10(12)17/h5-7H2,1-4H3. The maximum absolute atomic E-state index is 12.2. The molecular formula is C12H18N2O4. The van der Waals surface area contributed by atoms with Crippen LogP contribution in [0.5, 0.6) is 0 Å². The molecule has 0 unspecified atom stereocenters. The average Bonchev–Trinajstić information content (AvgIpc) is 2.34. The van der Waals surface area contributed by atoms with Crippen LogP contribution in [-0.4, -0.2) is 47.5 Å². The third-order valence-electron chi connectivity index (χ3n) is 3.51. The van der Waals surface area contributed by atoms with Crippen LogP contribution in [0.4, 0.5) is 4.79 Å². The van der Waals surface area contributed by atoms with Crippen molar-refractivity contribution < 1.29 is 19.2 Å². The summed E-state index contributed by atoms with van der Waals surface area (Å²) in [6.45, 7) is 3.13. The van der Waals surface area contributed by atoms with Crippen molar-refractivity contribution in [3.05, 3.63) is 0 Å². The van der Waals surface area contributed by atoms with Crippen molar-refractivity contribution in [3.63, 3.8) is 0 Å². The lowest BCUT2D eigenvalue weighted by Crippen LogP contribution is -2.62. The predicted octanol–water partition coefficient (Wildman–Crippen LogP) is 0.802. The Bertz CT molecular complexity index is 392. The maximum Gasteiger partial charge on any atom is 0.332 e. The number of ketones is 1. The van der Waals surface area contributed by atoms with Crippen LogP contribution >= 0.6 is 0 Å². The van der Waals surface area contributed by atoms with E-state index >= 15 is 0 Å². The zero-order chi connectivity index (χ0) is 14.1. The molecule has 1 rings (SSSR count). The number of carbonyl (C=O) groups excluding carboxylic acids is 4. The molecule has 0 bridgehead atoms. The molecule has 0 N–H and O–H groups in total. The topological polar surface area (TPSA) is 74.8 Å². The van der Waals surface area contributed by atoms with E-state index in [1.54, 1.807) is 6.92 Å². The fourth-order valence-electron chi connectivity index (χ4n) is 2.21. The molecule has 1 aliphatic heterocycles. The van der Waals surface area contributed by atoms with E-state index in [4.69, 9.17) is 0 Å². The number of rotatable bonds is 4. The van der Waals surface area contributed by atoms with E-state index in [0.717, 1.165) is 9.80 Å². The van der Waals surface area contributed by atoms with Crippen LogP contribution in [0.3, 0.4) is 0 Å². The summed E-state index contributed by atoms with van der Waals surface area (Å²) in [5.74, 6) is -1.11. The van der Waals surface area contributed by atoms with Crippen LogP contribution in [0.2, 0.25) is 0 Å². The van der Waals surface area contributed by atoms with Crippen LogP contribution in [0, 0.1) is 5.41 Å². The van der Waals surface area contributed by atoms with Crippen LogP contribution in [0.1, 0.15) is 33.1 Å². The summed E-state index contributed by atoms with van der Waals surface area (Å²) in [6.07, 6.45) is 0.583. The molecule has 0 aromatic carbocycles. The molecule has 6 heteroatoms. The predicted molar refractivity (Wildman–Crippen MR) is 63.6 cm³/mol. The third-order valence-corrected chi connectivity index (χ3v) is 3.51. The highest BCUT2D eigenvalue weighted by atomic mass is 16.2. The van der Waals surface area contributed by atoms with Gasteiger partial charge in [-0.25, -0.2) is 4.79 Å². The Labute approximate surface area is 106 Å². The minimum absolute atomic E-state index is 0.0781. The van der Waals surface area contributed by atoms with Gasteiger partial charge in [-0.15, -0.1) is 0 Å².